The van der Waals surface area contributed by atoms with Gasteiger partial charge in [0.25, 0.3) is 0 Å². The molecule has 1 unspecified atom stereocenters. The molecule has 0 saturated carbocycles. The van der Waals surface area contributed by atoms with Crippen LogP contribution in [0.2, 0.25) is 0 Å². The third-order valence-corrected chi connectivity index (χ3v) is 5.56. The molecule has 1 aromatic rings. The molecule has 1 aliphatic heterocycles. The Morgan fingerprint density at radius 3 is 2.25 bits per heavy atom. The van der Waals surface area contributed by atoms with E-state index in [2.05, 4.69) is 6.92 Å². The van der Waals surface area contributed by atoms with Crippen LogP contribution in [-0.2, 0) is 16.3 Å². The van der Waals surface area contributed by atoms with E-state index in [1.807, 2.05) is 36.1 Å². The Hall–Kier alpha value is -1.20. The molecule has 0 aliphatic carbocycles. The number of nitrogens with zero attached hydrogens (tertiary/aromatic N) is 1. The highest BCUT2D eigenvalue weighted by Crippen LogP contribution is 2.14. The first-order chi connectivity index (χ1) is 9.43. The molecule has 0 amide bonds. The zero-order valence-corrected chi connectivity index (χ0v) is 12.8. The number of sulfone groups is 1. The van der Waals surface area contributed by atoms with Gasteiger partial charge < -0.3 is 0 Å². The third-order valence-electron chi connectivity index (χ3n) is 3.95. The van der Waals surface area contributed by atoms with Gasteiger partial charge in [-0.3, -0.25) is 9.69 Å². The molecule has 1 fully saturated rings. The molecule has 1 heterocycles. The standard InChI is InChI=1S/C15H21NO3S/c1-3-13-4-6-14(7-5-13)15(17)12(2)16-8-10-20(18,19)11-9-16/h4-7,12H,3,8-11H2,1-2H3. The lowest BCUT2D eigenvalue weighted by molar-refractivity contribution is 0.0849. The summed E-state index contributed by atoms with van der Waals surface area (Å²) < 4.78 is 22.8. The van der Waals surface area contributed by atoms with Crippen molar-refractivity contribution < 1.29 is 13.2 Å². The van der Waals surface area contributed by atoms with E-state index < -0.39 is 9.84 Å². The molecule has 1 atom stereocenters. The Morgan fingerprint density at radius 2 is 1.75 bits per heavy atom. The van der Waals surface area contributed by atoms with Crippen molar-refractivity contribution >= 4 is 15.6 Å². The second-order valence-corrected chi connectivity index (χ2v) is 7.58. The van der Waals surface area contributed by atoms with Gasteiger partial charge in [-0.05, 0) is 18.9 Å². The van der Waals surface area contributed by atoms with Crippen LogP contribution < -0.4 is 0 Å². The van der Waals surface area contributed by atoms with E-state index in [0.717, 1.165) is 6.42 Å². The Morgan fingerprint density at radius 1 is 1.20 bits per heavy atom. The molecule has 0 bridgehead atoms. The SMILES string of the molecule is CCc1ccc(C(=O)C(C)N2CCS(=O)(=O)CC2)cc1. The van der Waals surface area contributed by atoms with Gasteiger partial charge in [0.2, 0.25) is 0 Å². The molecule has 5 heteroatoms. The van der Waals surface area contributed by atoms with E-state index in [1.54, 1.807) is 0 Å². The van der Waals surface area contributed by atoms with Crippen LogP contribution in [0.4, 0.5) is 0 Å². The highest BCUT2D eigenvalue weighted by atomic mass is 32.2. The van der Waals surface area contributed by atoms with Crippen molar-refractivity contribution in [2.24, 2.45) is 0 Å². The van der Waals surface area contributed by atoms with Crippen LogP contribution in [0, 0.1) is 0 Å². The van der Waals surface area contributed by atoms with E-state index in [9.17, 15) is 13.2 Å². The fraction of sp³-hybridized carbons (Fsp3) is 0.533. The third kappa shape index (κ3) is 3.46. The first-order valence-corrected chi connectivity index (χ1v) is 8.82. The van der Waals surface area contributed by atoms with Crippen LogP contribution in [0.15, 0.2) is 24.3 Å². The van der Waals surface area contributed by atoms with Crippen LogP contribution >= 0.6 is 0 Å². The van der Waals surface area contributed by atoms with E-state index in [1.165, 1.54) is 5.56 Å². The van der Waals surface area contributed by atoms with Gasteiger partial charge in [0.05, 0.1) is 17.5 Å². The molecule has 0 N–H and O–H groups in total. The first kappa shape index (κ1) is 15.2. The zero-order valence-electron chi connectivity index (χ0n) is 12.0. The summed E-state index contributed by atoms with van der Waals surface area (Å²) in [5, 5.41) is 0. The van der Waals surface area contributed by atoms with E-state index in [0.29, 0.717) is 18.7 Å². The minimum absolute atomic E-state index is 0.0620. The van der Waals surface area contributed by atoms with Crippen molar-refractivity contribution in [3.8, 4) is 0 Å². The number of Topliss-reactive ketones (excluding diaryl/α,β-unsaturated/α-hetero) is 1. The summed E-state index contributed by atoms with van der Waals surface area (Å²) in [6.45, 7) is 4.83. The first-order valence-electron chi connectivity index (χ1n) is 7.00. The predicted octanol–water partition coefficient (Wildman–Crippen LogP) is 1.55. The summed E-state index contributed by atoms with van der Waals surface area (Å²) in [6, 6.07) is 7.40. The second-order valence-electron chi connectivity index (χ2n) is 5.28. The van der Waals surface area contributed by atoms with Crippen molar-refractivity contribution in [1.29, 1.82) is 0 Å². The summed E-state index contributed by atoms with van der Waals surface area (Å²) in [4.78, 5) is 14.4. The highest BCUT2D eigenvalue weighted by molar-refractivity contribution is 7.91. The van der Waals surface area contributed by atoms with Gasteiger partial charge in [-0.2, -0.15) is 0 Å². The van der Waals surface area contributed by atoms with Gasteiger partial charge in [-0.15, -0.1) is 0 Å². The maximum atomic E-state index is 12.4. The predicted molar refractivity (Wildman–Crippen MR) is 79.8 cm³/mol. The van der Waals surface area contributed by atoms with E-state index in [4.69, 9.17) is 0 Å². The number of carbonyl (C=O) groups excluding carboxylic acids is 1. The molecule has 1 aromatic carbocycles. The molecule has 0 spiro atoms. The molecular formula is C15H21NO3S. The number of hydrogen-bond acceptors (Lipinski definition) is 4. The molecule has 0 aromatic heterocycles. The van der Waals surface area contributed by atoms with Crippen LogP contribution in [0.1, 0.15) is 29.8 Å². The highest BCUT2D eigenvalue weighted by Gasteiger charge is 2.28. The Balaban J connectivity index is 2.04. The van der Waals surface area contributed by atoms with Crippen LogP contribution in [0.5, 0.6) is 0 Å². The summed E-state index contributed by atoms with van der Waals surface area (Å²) in [7, 11) is -2.90. The Bertz CT molecular complexity index is 564. The van der Waals surface area contributed by atoms with Crippen LogP contribution in [0.25, 0.3) is 0 Å². The molecule has 20 heavy (non-hydrogen) atoms. The fourth-order valence-electron chi connectivity index (χ4n) is 2.43. The van der Waals surface area contributed by atoms with E-state index in [-0.39, 0.29) is 23.3 Å². The molecular weight excluding hydrogens is 274 g/mol. The van der Waals surface area contributed by atoms with Crippen molar-refractivity contribution in [2.45, 2.75) is 26.3 Å². The van der Waals surface area contributed by atoms with Crippen LogP contribution in [0.3, 0.4) is 0 Å². The lowest BCUT2D eigenvalue weighted by Gasteiger charge is -2.31. The van der Waals surface area contributed by atoms with Gasteiger partial charge in [-0.1, -0.05) is 31.2 Å². The van der Waals surface area contributed by atoms with Gasteiger partial charge in [0, 0.05) is 18.7 Å². The average molecular weight is 295 g/mol. The van der Waals surface area contributed by atoms with E-state index >= 15 is 0 Å². The normalized spacial score (nSPS) is 20.5. The molecule has 2 rings (SSSR count). The monoisotopic (exact) mass is 295 g/mol. The number of aryl methyl sites for hydroxylation is 1. The minimum atomic E-state index is -2.90. The number of benzene rings is 1. The Kier molecular flexibility index (Phi) is 4.60. The Labute approximate surface area is 120 Å². The number of carbonyl (C=O) groups is 1. The lowest BCUT2D eigenvalue weighted by atomic mass is 10.0. The quantitative estimate of drug-likeness (QED) is 0.791. The molecule has 0 radical (unpaired) electrons. The summed E-state index contributed by atoms with van der Waals surface area (Å²) in [6.07, 6.45) is 0.952. The number of hydrogen-bond donors (Lipinski definition) is 0. The van der Waals surface area contributed by atoms with Crippen molar-refractivity contribution in [3.63, 3.8) is 0 Å². The lowest BCUT2D eigenvalue weighted by Crippen LogP contribution is -2.47. The largest absolute Gasteiger partial charge is 0.292 e. The topological polar surface area (TPSA) is 54.5 Å². The molecule has 110 valence electrons. The average Bonchev–Trinajstić information content (AvgIpc) is 2.46. The fourth-order valence-corrected chi connectivity index (χ4v) is 3.66. The maximum absolute atomic E-state index is 12.4. The second kappa shape index (κ2) is 6.06. The summed E-state index contributed by atoms with van der Waals surface area (Å²) in [5.41, 5.74) is 1.90. The smallest absolute Gasteiger partial charge is 0.179 e. The van der Waals surface area contributed by atoms with Gasteiger partial charge in [0.1, 0.15) is 0 Å². The van der Waals surface area contributed by atoms with Crippen molar-refractivity contribution in [2.75, 3.05) is 24.6 Å². The summed E-state index contributed by atoms with van der Waals surface area (Å²) in [5.74, 6) is 0.366. The van der Waals surface area contributed by atoms with Gasteiger partial charge in [-0.25, -0.2) is 8.42 Å². The van der Waals surface area contributed by atoms with Gasteiger partial charge in [0.15, 0.2) is 15.6 Å². The molecule has 4 nitrogen and oxygen atoms in total. The molecule has 1 saturated heterocycles. The summed E-state index contributed by atoms with van der Waals surface area (Å²) >= 11 is 0. The minimum Gasteiger partial charge on any atom is -0.292 e. The van der Waals surface area contributed by atoms with Crippen molar-refractivity contribution in [1.82, 2.24) is 4.90 Å². The van der Waals surface area contributed by atoms with Crippen LogP contribution in [-0.4, -0.2) is 49.7 Å². The van der Waals surface area contributed by atoms with Gasteiger partial charge >= 0.3 is 0 Å². The number of ketones is 1. The zero-order chi connectivity index (χ0) is 14.8. The van der Waals surface area contributed by atoms with Crippen molar-refractivity contribution in [3.05, 3.63) is 35.4 Å². The molecule has 1 aliphatic rings. The maximum Gasteiger partial charge on any atom is 0.179 e. The number of rotatable bonds is 4.